The second kappa shape index (κ2) is 4.58. The molecule has 0 bridgehead atoms. The van der Waals surface area contributed by atoms with Gasteiger partial charge >= 0.3 is 6.09 Å². The molecule has 7 heteroatoms. The number of anilines is 1. The lowest BCUT2D eigenvalue weighted by Gasteiger charge is -2.24. The summed E-state index contributed by atoms with van der Waals surface area (Å²) in [6.45, 7) is 4.24. The number of nitrogens with zero attached hydrogens (tertiary/aromatic N) is 3. The number of thiazole rings is 1. The fourth-order valence-electron chi connectivity index (χ4n) is 1.97. The van der Waals surface area contributed by atoms with Crippen molar-refractivity contribution in [1.29, 1.82) is 5.26 Å². The third-order valence-corrected chi connectivity index (χ3v) is 4.83. The zero-order chi connectivity index (χ0) is 14.3. The molecule has 3 heterocycles. The molecule has 102 valence electrons. The molecule has 1 amide bonds. The van der Waals surface area contributed by atoms with Crippen molar-refractivity contribution in [3.05, 3.63) is 22.4 Å². The number of hydrogen-bond acceptors (Lipinski definition) is 6. The average Bonchev–Trinajstić information content (AvgIpc) is 3.08. The molecule has 0 radical (unpaired) electrons. The summed E-state index contributed by atoms with van der Waals surface area (Å²) in [5, 5.41) is 11.4. The molecule has 1 aliphatic heterocycles. The summed E-state index contributed by atoms with van der Waals surface area (Å²) < 4.78 is 5.08. The Hall–Kier alpha value is -1.91. The second-order valence-corrected chi connectivity index (χ2v) is 6.91. The van der Waals surface area contributed by atoms with Crippen molar-refractivity contribution < 1.29 is 9.53 Å². The lowest BCUT2D eigenvalue weighted by molar-refractivity contribution is 0.175. The van der Waals surface area contributed by atoms with Crippen LogP contribution in [0.15, 0.2) is 17.5 Å². The summed E-state index contributed by atoms with van der Waals surface area (Å²) in [7, 11) is 0. The lowest BCUT2D eigenvalue weighted by atomic mass is 10.1. The molecule has 5 nitrogen and oxygen atoms in total. The number of hydrogen-bond donors (Lipinski definition) is 0. The first kappa shape index (κ1) is 13.1. The van der Waals surface area contributed by atoms with Crippen LogP contribution in [0.3, 0.4) is 0 Å². The fourth-order valence-corrected chi connectivity index (χ4v) is 3.78. The predicted octanol–water partition coefficient (Wildman–Crippen LogP) is 3.48. The third kappa shape index (κ3) is 2.07. The normalized spacial score (nSPS) is 17.1. The molecule has 2 aromatic rings. The van der Waals surface area contributed by atoms with Gasteiger partial charge in [0.05, 0.1) is 16.1 Å². The number of carbonyl (C=O) groups is 1. The highest BCUT2D eigenvalue weighted by Crippen LogP contribution is 2.36. The van der Waals surface area contributed by atoms with Gasteiger partial charge in [0.2, 0.25) is 0 Å². The van der Waals surface area contributed by atoms with Crippen molar-refractivity contribution in [2.24, 2.45) is 0 Å². The van der Waals surface area contributed by atoms with Gasteiger partial charge in [-0.15, -0.1) is 22.7 Å². The molecule has 2 aromatic heterocycles. The van der Waals surface area contributed by atoms with Gasteiger partial charge in [0, 0.05) is 5.38 Å². The summed E-state index contributed by atoms with van der Waals surface area (Å²) >= 11 is 2.79. The van der Waals surface area contributed by atoms with Crippen LogP contribution in [0, 0.1) is 11.3 Å². The Morgan fingerprint density at radius 2 is 2.30 bits per heavy atom. The summed E-state index contributed by atoms with van der Waals surface area (Å²) in [5.74, 6) is 0. The van der Waals surface area contributed by atoms with Crippen LogP contribution in [0.25, 0.3) is 10.6 Å². The summed E-state index contributed by atoms with van der Waals surface area (Å²) in [6, 6.07) is 5.75. The minimum absolute atomic E-state index is 0.359. The van der Waals surface area contributed by atoms with Gasteiger partial charge in [-0.05, 0) is 26.0 Å². The van der Waals surface area contributed by atoms with Crippen LogP contribution >= 0.6 is 22.7 Å². The number of aromatic nitrogens is 1. The molecule has 1 fully saturated rings. The highest BCUT2D eigenvalue weighted by molar-refractivity contribution is 7.17. The van der Waals surface area contributed by atoms with Gasteiger partial charge < -0.3 is 4.74 Å². The Morgan fingerprint density at radius 3 is 2.90 bits per heavy atom. The van der Waals surface area contributed by atoms with Gasteiger partial charge in [0.25, 0.3) is 0 Å². The maximum absolute atomic E-state index is 11.8. The zero-order valence-corrected chi connectivity index (χ0v) is 12.5. The standard InChI is InChI=1S/C13H11N3O2S2/c1-13(2)7-18-12(17)16(13)11-15-9(6-19-11)10-4-3-8(5-14)20-10/h3-4,6H,7H2,1-2H3. The molecular weight excluding hydrogens is 294 g/mol. The maximum Gasteiger partial charge on any atom is 0.416 e. The molecule has 0 aliphatic carbocycles. The minimum Gasteiger partial charge on any atom is -0.447 e. The van der Waals surface area contributed by atoms with Crippen LogP contribution < -0.4 is 4.90 Å². The summed E-state index contributed by atoms with van der Waals surface area (Å²) in [6.07, 6.45) is -0.361. The molecule has 0 saturated carbocycles. The van der Waals surface area contributed by atoms with Crippen molar-refractivity contribution in [2.75, 3.05) is 11.5 Å². The number of cyclic esters (lactones) is 1. The molecule has 20 heavy (non-hydrogen) atoms. The van der Waals surface area contributed by atoms with E-state index in [4.69, 9.17) is 10.00 Å². The fraction of sp³-hybridized carbons (Fsp3) is 0.308. The quantitative estimate of drug-likeness (QED) is 0.852. The van der Waals surface area contributed by atoms with E-state index in [0.717, 1.165) is 10.6 Å². The van der Waals surface area contributed by atoms with E-state index < -0.39 is 0 Å². The minimum atomic E-state index is -0.389. The van der Waals surface area contributed by atoms with E-state index >= 15 is 0 Å². The number of amides is 1. The monoisotopic (exact) mass is 305 g/mol. The Labute approximate surface area is 124 Å². The van der Waals surface area contributed by atoms with Gasteiger partial charge in [-0.25, -0.2) is 14.7 Å². The van der Waals surface area contributed by atoms with Crippen molar-refractivity contribution in [1.82, 2.24) is 4.98 Å². The van der Waals surface area contributed by atoms with Gasteiger partial charge in [-0.1, -0.05) is 0 Å². The van der Waals surface area contributed by atoms with E-state index in [2.05, 4.69) is 11.1 Å². The Balaban J connectivity index is 1.94. The van der Waals surface area contributed by atoms with Crippen molar-refractivity contribution in [3.8, 4) is 16.6 Å². The Morgan fingerprint density at radius 1 is 1.50 bits per heavy atom. The molecular formula is C13H11N3O2S2. The van der Waals surface area contributed by atoms with E-state index in [1.165, 1.54) is 22.7 Å². The third-order valence-electron chi connectivity index (χ3n) is 2.99. The van der Waals surface area contributed by atoms with Crippen LogP contribution in [0.4, 0.5) is 9.93 Å². The number of thiophene rings is 1. The molecule has 1 saturated heterocycles. The van der Waals surface area contributed by atoms with E-state index in [-0.39, 0.29) is 11.6 Å². The van der Waals surface area contributed by atoms with Crippen molar-refractivity contribution in [2.45, 2.75) is 19.4 Å². The summed E-state index contributed by atoms with van der Waals surface area (Å²) in [5.41, 5.74) is 0.395. The highest BCUT2D eigenvalue weighted by atomic mass is 32.1. The number of ether oxygens (including phenoxy) is 1. The number of carbonyl (C=O) groups excluding carboxylic acids is 1. The van der Waals surface area contributed by atoms with Crippen molar-refractivity contribution >= 4 is 33.9 Å². The van der Waals surface area contributed by atoms with Gasteiger partial charge in [-0.3, -0.25) is 0 Å². The van der Waals surface area contributed by atoms with Gasteiger partial charge in [-0.2, -0.15) is 5.26 Å². The second-order valence-electron chi connectivity index (χ2n) is 4.99. The molecule has 3 rings (SSSR count). The van der Waals surface area contributed by atoms with Gasteiger partial charge in [0.15, 0.2) is 5.13 Å². The number of rotatable bonds is 2. The lowest BCUT2D eigenvalue weighted by Crippen LogP contribution is -2.42. The van der Waals surface area contributed by atoms with E-state index in [1.54, 1.807) is 11.0 Å². The molecule has 0 N–H and O–H groups in total. The van der Waals surface area contributed by atoms with Gasteiger partial charge in [0.1, 0.15) is 17.6 Å². The van der Waals surface area contributed by atoms with Crippen LogP contribution in [0.1, 0.15) is 18.7 Å². The highest BCUT2D eigenvalue weighted by Gasteiger charge is 2.42. The first-order chi connectivity index (χ1) is 9.51. The molecule has 0 spiro atoms. The Kier molecular flexibility index (Phi) is 3.00. The van der Waals surface area contributed by atoms with Crippen LogP contribution in [0.5, 0.6) is 0 Å². The smallest absolute Gasteiger partial charge is 0.416 e. The average molecular weight is 305 g/mol. The topological polar surface area (TPSA) is 66.2 Å². The first-order valence-electron chi connectivity index (χ1n) is 5.94. The molecule has 0 atom stereocenters. The molecule has 1 aliphatic rings. The van der Waals surface area contributed by atoms with Crippen molar-refractivity contribution in [3.63, 3.8) is 0 Å². The largest absolute Gasteiger partial charge is 0.447 e. The van der Waals surface area contributed by atoms with E-state index in [0.29, 0.717) is 16.6 Å². The van der Waals surface area contributed by atoms with Crippen LogP contribution in [0.2, 0.25) is 0 Å². The van der Waals surface area contributed by atoms with Crippen LogP contribution in [-0.4, -0.2) is 23.2 Å². The first-order valence-corrected chi connectivity index (χ1v) is 7.64. The zero-order valence-electron chi connectivity index (χ0n) is 10.9. The van der Waals surface area contributed by atoms with E-state index in [9.17, 15) is 4.79 Å². The van der Waals surface area contributed by atoms with E-state index in [1.807, 2.05) is 25.3 Å². The number of nitriles is 1. The molecule has 0 unspecified atom stereocenters. The Bertz CT molecular complexity index is 711. The molecule has 0 aromatic carbocycles. The predicted molar refractivity (Wildman–Crippen MR) is 78.0 cm³/mol. The van der Waals surface area contributed by atoms with Crippen LogP contribution in [-0.2, 0) is 4.74 Å². The maximum atomic E-state index is 11.8. The SMILES string of the molecule is CC1(C)COC(=O)N1c1nc(-c2ccc(C#N)s2)cs1. The summed E-state index contributed by atoms with van der Waals surface area (Å²) in [4.78, 5) is 19.5.